The van der Waals surface area contributed by atoms with Crippen LogP contribution < -0.4 is 0 Å². The minimum absolute atomic E-state index is 0.229. The molecule has 0 saturated carbocycles. The van der Waals surface area contributed by atoms with Crippen LogP contribution in [0.1, 0.15) is 81.7 Å². The Kier molecular flexibility index (Phi) is 8.42. The first-order valence-electron chi connectivity index (χ1n) is 7.13. The topological polar surface area (TPSA) is 13.1 Å². The van der Waals surface area contributed by atoms with Crippen LogP contribution in [0.2, 0.25) is 0 Å². The summed E-state index contributed by atoms with van der Waals surface area (Å²) in [4.78, 5) is 0. The molecule has 1 nitrogen and oxygen atoms in total. The predicted molar refractivity (Wildman–Crippen MR) is 87.7 cm³/mol. The molecule has 0 aromatic carbocycles. The van der Waals surface area contributed by atoms with E-state index in [1.165, 1.54) is 5.56 Å². The normalized spacial score (nSPS) is 11.9. The Balaban J connectivity index is 0. The van der Waals surface area contributed by atoms with Crippen LogP contribution in [0.15, 0.2) is 23.0 Å². The van der Waals surface area contributed by atoms with Gasteiger partial charge in [0.05, 0.1) is 12.5 Å². The van der Waals surface area contributed by atoms with Crippen molar-refractivity contribution < 1.29 is 4.42 Å². The maximum Gasteiger partial charge on any atom is 0.0939 e. The Morgan fingerprint density at radius 2 is 1.00 bits per heavy atom. The minimum Gasteiger partial charge on any atom is -0.472 e. The van der Waals surface area contributed by atoms with Gasteiger partial charge in [0.15, 0.2) is 0 Å². The molecule has 0 aliphatic rings. The first kappa shape index (κ1) is 20.6. The standard InChI is InChI=1S/C8H12O.2C5H12/c1-8(2,3)7-4-5-9-6-7;2*1-5(2,3)4/h4-6H,1-3H3;2*1-4H3. The molecule has 114 valence electrons. The van der Waals surface area contributed by atoms with E-state index in [-0.39, 0.29) is 5.41 Å². The highest BCUT2D eigenvalue weighted by Gasteiger charge is 2.13. The van der Waals surface area contributed by atoms with Crippen LogP contribution in [0.3, 0.4) is 0 Å². The Morgan fingerprint density at radius 1 is 0.684 bits per heavy atom. The number of hydrogen-bond donors (Lipinski definition) is 0. The summed E-state index contributed by atoms with van der Waals surface area (Å²) in [5.41, 5.74) is 2.48. The lowest BCUT2D eigenvalue weighted by atomic mass is 9.89. The van der Waals surface area contributed by atoms with Gasteiger partial charge in [-0.15, -0.1) is 0 Å². The van der Waals surface area contributed by atoms with Gasteiger partial charge in [0, 0.05) is 0 Å². The highest BCUT2D eigenvalue weighted by atomic mass is 16.3. The van der Waals surface area contributed by atoms with Gasteiger partial charge in [-0.3, -0.25) is 0 Å². The van der Waals surface area contributed by atoms with Crippen molar-refractivity contribution in [3.63, 3.8) is 0 Å². The van der Waals surface area contributed by atoms with Gasteiger partial charge >= 0.3 is 0 Å². The van der Waals surface area contributed by atoms with Crippen LogP contribution in [0.5, 0.6) is 0 Å². The lowest BCUT2D eigenvalue weighted by molar-refractivity contribution is 0.469. The van der Waals surface area contributed by atoms with E-state index in [4.69, 9.17) is 4.42 Å². The van der Waals surface area contributed by atoms with Crippen LogP contribution in [0, 0.1) is 10.8 Å². The van der Waals surface area contributed by atoms with Gasteiger partial charge in [-0.2, -0.15) is 0 Å². The van der Waals surface area contributed by atoms with Crippen molar-refractivity contribution in [1.82, 2.24) is 0 Å². The molecule has 1 rings (SSSR count). The summed E-state index contributed by atoms with van der Waals surface area (Å²) in [6.45, 7) is 24.0. The van der Waals surface area contributed by atoms with Gasteiger partial charge < -0.3 is 4.42 Å². The summed E-state index contributed by atoms with van der Waals surface area (Å²) >= 11 is 0. The number of rotatable bonds is 0. The van der Waals surface area contributed by atoms with E-state index in [9.17, 15) is 0 Å². The first-order valence-corrected chi connectivity index (χ1v) is 7.13. The Labute approximate surface area is 121 Å². The second kappa shape index (κ2) is 7.77. The molecule has 0 bridgehead atoms. The van der Waals surface area contributed by atoms with Gasteiger partial charge in [-0.1, -0.05) is 76.2 Å². The van der Waals surface area contributed by atoms with Crippen LogP contribution in [0.4, 0.5) is 0 Å². The van der Waals surface area contributed by atoms with Crippen molar-refractivity contribution in [2.45, 2.75) is 81.6 Å². The summed E-state index contributed by atoms with van der Waals surface area (Å²) in [6.07, 6.45) is 3.50. The molecule has 0 amide bonds. The quantitative estimate of drug-likeness (QED) is 0.511. The van der Waals surface area contributed by atoms with Gasteiger partial charge in [0.1, 0.15) is 0 Å². The van der Waals surface area contributed by atoms with E-state index < -0.39 is 0 Å². The molecule has 1 heterocycles. The maximum atomic E-state index is 4.94. The zero-order valence-corrected chi connectivity index (χ0v) is 15.1. The summed E-state index contributed by atoms with van der Waals surface area (Å²) in [6, 6.07) is 2.00. The smallest absolute Gasteiger partial charge is 0.0939 e. The third kappa shape index (κ3) is 26.8. The third-order valence-corrected chi connectivity index (χ3v) is 1.39. The Morgan fingerprint density at radius 3 is 1.11 bits per heavy atom. The second-order valence-corrected chi connectivity index (χ2v) is 9.26. The molecule has 19 heavy (non-hydrogen) atoms. The van der Waals surface area contributed by atoms with Gasteiger partial charge in [0.25, 0.3) is 0 Å². The van der Waals surface area contributed by atoms with E-state index in [1.54, 1.807) is 12.5 Å². The number of furan rings is 1. The predicted octanol–water partition coefficient (Wildman–Crippen LogP) is 6.68. The molecule has 0 atom stereocenters. The van der Waals surface area contributed by atoms with Crippen LogP contribution in [0.25, 0.3) is 0 Å². The van der Waals surface area contributed by atoms with Gasteiger partial charge in [0.2, 0.25) is 0 Å². The Bertz CT molecular complexity index is 275. The lowest BCUT2D eigenvalue weighted by Crippen LogP contribution is -2.08. The third-order valence-electron chi connectivity index (χ3n) is 1.39. The molecular formula is C18H36O. The highest BCUT2D eigenvalue weighted by molar-refractivity contribution is 5.15. The summed E-state index contributed by atoms with van der Waals surface area (Å²) in [5, 5.41) is 0. The molecule has 1 aromatic heterocycles. The molecule has 0 unspecified atom stereocenters. The van der Waals surface area contributed by atoms with E-state index in [0.717, 1.165) is 0 Å². The van der Waals surface area contributed by atoms with E-state index in [0.29, 0.717) is 10.8 Å². The summed E-state index contributed by atoms with van der Waals surface area (Å²) < 4.78 is 4.94. The van der Waals surface area contributed by atoms with Crippen LogP contribution >= 0.6 is 0 Å². The molecule has 1 heteroatoms. The van der Waals surface area contributed by atoms with Crippen molar-refractivity contribution >= 4 is 0 Å². The molecule has 0 fully saturated rings. The van der Waals surface area contributed by atoms with Gasteiger partial charge in [-0.05, 0) is 27.9 Å². The van der Waals surface area contributed by atoms with Crippen LogP contribution in [-0.2, 0) is 5.41 Å². The monoisotopic (exact) mass is 268 g/mol. The largest absolute Gasteiger partial charge is 0.472 e. The average Bonchev–Trinajstić information content (AvgIpc) is 2.44. The van der Waals surface area contributed by atoms with Crippen molar-refractivity contribution in [2.75, 3.05) is 0 Å². The second-order valence-electron chi connectivity index (χ2n) is 9.26. The van der Waals surface area contributed by atoms with Crippen molar-refractivity contribution in [2.24, 2.45) is 10.8 Å². The van der Waals surface area contributed by atoms with Crippen molar-refractivity contribution in [3.8, 4) is 0 Å². The SMILES string of the molecule is CC(C)(C)C.CC(C)(C)C.CC(C)(C)c1ccoc1. The molecule has 0 aliphatic heterocycles. The highest BCUT2D eigenvalue weighted by Crippen LogP contribution is 2.21. The minimum atomic E-state index is 0.229. The molecule has 0 aliphatic carbocycles. The average molecular weight is 268 g/mol. The van der Waals surface area contributed by atoms with Crippen LogP contribution in [-0.4, -0.2) is 0 Å². The molecule has 1 aromatic rings. The van der Waals surface area contributed by atoms with Gasteiger partial charge in [-0.25, -0.2) is 0 Å². The van der Waals surface area contributed by atoms with Crippen molar-refractivity contribution in [1.29, 1.82) is 0 Å². The maximum absolute atomic E-state index is 4.94. The van der Waals surface area contributed by atoms with E-state index in [2.05, 4.69) is 76.2 Å². The molecule has 0 saturated heterocycles. The first-order chi connectivity index (χ1) is 8.11. The Hall–Kier alpha value is -0.720. The fourth-order valence-electron chi connectivity index (χ4n) is 0.691. The molecule has 0 radical (unpaired) electrons. The van der Waals surface area contributed by atoms with E-state index in [1.807, 2.05) is 6.07 Å². The zero-order valence-electron chi connectivity index (χ0n) is 15.1. The fourth-order valence-corrected chi connectivity index (χ4v) is 0.691. The zero-order chi connectivity index (χ0) is 15.9. The number of hydrogen-bond acceptors (Lipinski definition) is 1. The summed E-state index contributed by atoms with van der Waals surface area (Å²) in [7, 11) is 0. The molecule has 0 N–H and O–H groups in total. The molecule has 0 spiro atoms. The molecular weight excluding hydrogens is 232 g/mol. The summed E-state index contributed by atoms with van der Waals surface area (Å²) in [5.74, 6) is 0. The van der Waals surface area contributed by atoms with E-state index >= 15 is 0 Å². The fraction of sp³-hybridized carbons (Fsp3) is 0.778. The lowest BCUT2D eigenvalue weighted by Gasteiger charge is -2.14. The van der Waals surface area contributed by atoms with Crippen molar-refractivity contribution in [3.05, 3.63) is 24.2 Å².